The van der Waals surface area contributed by atoms with Crippen molar-refractivity contribution in [2.24, 2.45) is 0 Å². The third-order valence-electron chi connectivity index (χ3n) is 4.11. The Bertz CT molecular complexity index is 675. The average Bonchev–Trinajstić information content (AvgIpc) is 2.66. The van der Waals surface area contributed by atoms with E-state index in [2.05, 4.69) is 12.1 Å². The maximum absolute atomic E-state index is 9.50. The summed E-state index contributed by atoms with van der Waals surface area (Å²) in [5.74, 6) is 1.81. The Morgan fingerprint density at radius 2 is 1.19 bits per heavy atom. The molecule has 4 nitrogen and oxygen atoms in total. The Balaban J connectivity index is 2.00. The number of ether oxygens (including phenoxy) is 2. The van der Waals surface area contributed by atoms with E-state index in [0.717, 1.165) is 29.0 Å². The van der Waals surface area contributed by atoms with E-state index in [-0.39, 0.29) is 25.0 Å². The predicted molar refractivity (Wildman–Crippen MR) is 110 cm³/mol. The van der Waals surface area contributed by atoms with Gasteiger partial charge in [-0.05, 0) is 54.7 Å². The van der Waals surface area contributed by atoms with Crippen molar-refractivity contribution in [3.05, 3.63) is 58.7 Å². The summed E-state index contributed by atoms with van der Waals surface area (Å²) in [5, 5.41) is 19.0. The summed E-state index contributed by atoms with van der Waals surface area (Å²) in [5.41, 5.74) is 4.37. The monoisotopic (exact) mass is 412 g/mol. The van der Waals surface area contributed by atoms with Crippen LogP contribution in [0.4, 0.5) is 0 Å². The first-order valence-corrected chi connectivity index (χ1v) is 9.92. The molecule has 0 saturated carbocycles. The number of alkyl halides is 2. The molecule has 2 aromatic rings. The van der Waals surface area contributed by atoms with Gasteiger partial charge in [0, 0.05) is 0 Å². The molecule has 0 saturated heterocycles. The second-order valence-corrected chi connectivity index (χ2v) is 7.23. The molecule has 0 spiro atoms. The fourth-order valence-electron chi connectivity index (χ4n) is 2.66. The van der Waals surface area contributed by atoms with E-state index in [1.165, 1.54) is 11.1 Å². The molecule has 6 heteroatoms. The number of hydrogen-bond donors (Lipinski definition) is 2. The van der Waals surface area contributed by atoms with Crippen LogP contribution in [0.5, 0.6) is 11.5 Å². The largest absolute Gasteiger partial charge is 0.491 e. The highest BCUT2D eigenvalue weighted by molar-refractivity contribution is 6.18. The molecular weight excluding hydrogens is 387 g/mol. The maximum Gasteiger partial charge on any atom is 0.122 e. The van der Waals surface area contributed by atoms with E-state index < -0.39 is 12.2 Å². The lowest BCUT2D eigenvalue weighted by Gasteiger charge is -2.14. The van der Waals surface area contributed by atoms with E-state index in [1.807, 2.05) is 38.1 Å². The van der Waals surface area contributed by atoms with Crippen molar-refractivity contribution in [3.63, 3.8) is 0 Å². The van der Waals surface area contributed by atoms with Crippen LogP contribution in [0.1, 0.15) is 22.3 Å². The van der Waals surface area contributed by atoms with Gasteiger partial charge in [0.05, 0.1) is 11.8 Å². The predicted octanol–water partition coefficient (Wildman–Crippen LogP) is 3.85. The molecule has 0 bridgehead atoms. The van der Waals surface area contributed by atoms with Gasteiger partial charge >= 0.3 is 0 Å². The summed E-state index contributed by atoms with van der Waals surface area (Å²) >= 11 is 11.2. The first-order chi connectivity index (χ1) is 12.9. The molecule has 2 unspecified atom stereocenters. The maximum atomic E-state index is 9.50. The molecule has 0 fully saturated rings. The molecule has 27 heavy (non-hydrogen) atoms. The zero-order valence-corrected chi connectivity index (χ0v) is 17.1. The van der Waals surface area contributed by atoms with Crippen LogP contribution in [0, 0.1) is 13.8 Å². The smallest absolute Gasteiger partial charge is 0.122 e. The van der Waals surface area contributed by atoms with Gasteiger partial charge in [0.15, 0.2) is 0 Å². The Hall–Kier alpha value is -1.46. The minimum Gasteiger partial charge on any atom is -0.491 e. The Kier molecular flexibility index (Phi) is 8.71. The number of hydrogen-bond acceptors (Lipinski definition) is 4. The topological polar surface area (TPSA) is 58.9 Å². The molecule has 0 aromatic heterocycles. The van der Waals surface area contributed by atoms with Gasteiger partial charge < -0.3 is 19.7 Å². The van der Waals surface area contributed by atoms with Crippen molar-refractivity contribution in [2.45, 2.75) is 32.5 Å². The van der Waals surface area contributed by atoms with Crippen molar-refractivity contribution in [1.82, 2.24) is 0 Å². The number of aliphatic hydroxyl groups excluding tert-OH is 2. The molecule has 0 radical (unpaired) electrons. The lowest BCUT2D eigenvalue weighted by Crippen LogP contribution is -2.19. The summed E-state index contributed by atoms with van der Waals surface area (Å²) in [6.07, 6.45) is -0.545. The number of rotatable bonds is 10. The van der Waals surface area contributed by atoms with Crippen molar-refractivity contribution >= 4 is 23.2 Å². The van der Waals surface area contributed by atoms with Crippen molar-refractivity contribution in [3.8, 4) is 11.5 Å². The van der Waals surface area contributed by atoms with Gasteiger partial charge in [0.2, 0.25) is 0 Å². The van der Waals surface area contributed by atoms with Crippen LogP contribution in [0.15, 0.2) is 36.4 Å². The molecule has 0 aliphatic heterocycles. The molecule has 0 heterocycles. The van der Waals surface area contributed by atoms with E-state index in [4.69, 9.17) is 32.7 Å². The minimum absolute atomic E-state index is 0.154. The van der Waals surface area contributed by atoms with Crippen LogP contribution in [0.3, 0.4) is 0 Å². The van der Waals surface area contributed by atoms with Crippen LogP contribution in [0.25, 0.3) is 0 Å². The molecule has 148 valence electrons. The second kappa shape index (κ2) is 10.8. The van der Waals surface area contributed by atoms with Crippen molar-refractivity contribution in [1.29, 1.82) is 0 Å². The Labute approximate surface area is 170 Å². The van der Waals surface area contributed by atoms with Gasteiger partial charge in [0.1, 0.15) is 36.9 Å². The van der Waals surface area contributed by atoms with Gasteiger partial charge in [-0.25, -0.2) is 0 Å². The molecular formula is C21H26Cl2O4. The third kappa shape index (κ3) is 6.89. The highest BCUT2D eigenvalue weighted by Gasteiger charge is 2.08. The van der Waals surface area contributed by atoms with Crippen LogP contribution in [-0.4, -0.2) is 47.4 Å². The van der Waals surface area contributed by atoms with Gasteiger partial charge in [-0.15, -0.1) is 23.2 Å². The molecule has 0 amide bonds. The normalized spacial score (nSPS) is 13.3. The minimum atomic E-state index is -0.667. The number of aryl methyl sites for hydroxylation is 2. The summed E-state index contributed by atoms with van der Waals surface area (Å²) in [6.45, 7) is 4.33. The van der Waals surface area contributed by atoms with Crippen LogP contribution >= 0.6 is 23.2 Å². The van der Waals surface area contributed by atoms with Gasteiger partial charge in [-0.2, -0.15) is 0 Å². The van der Waals surface area contributed by atoms with Crippen LogP contribution in [0.2, 0.25) is 0 Å². The van der Waals surface area contributed by atoms with Crippen LogP contribution < -0.4 is 9.47 Å². The summed E-state index contributed by atoms with van der Waals surface area (Å²) < 4.78 is 11.2. The van der Waals surface area contributed by atoms with E-state index >= 15 is 0 Å². The standard InChI is InChI=1S/C21H26Cl2O4/c1-14-7-16(3-5-20(14)26-12-18(24)10-22)9-17-4-6-21(15(2)8-17)27-13-19(25)11-23/h3-8,18-19,24-25H,9-13H2,1-2H3. The van der Waals surface area contributed by atoms with E-state index in [1.54, 1.807) is 0 Å². The number of halogens is 2. The summed E-state index contributed by atoms with van der Waals surface area (Å²) in [4.78, 5) is 0. The lowest BCUT2D eigenvalue weighted by atomic mass is 10.0. The van der Waals surface area contributed by atoms with Gasteiger partial charge in [-0.1, -0.05) is 24.3 Å². The lowest BCUT2D eigenvalue weighted by molar-refractivity contribution is 0.125. The van der Waals surface area contributed by atoms with Gasteiger partial charge in [0.25, 0.3) is 0 Å². The van der Waals surface area contributed by atoms with Gasteiger partial charge in [-0.3, -0.25) is 0 Å². The quantitative estimate of drug-likeness (QED) is 0.581. The molecule has 2 N–H and O–H groups in total. The third-order valence-corrected chi connectivity index (χ3v) is 4.82. The van der Waals surface area contributed by atoms with Crippen molar-refractivity contribution < 1.29 is 19.7 Å². The molecule has 0 aliphatic rings. The summed E-state index contributed by atoms with van der Waals surface area (Å²) in [6, 6.07) is 12.0. The SMILES string of the molecule is Cc1cc(Cc2ccc(OCC(O)CCl)c(C)c2)ccc1OCC(O)CCl. The van der Waals surface area contributed by atoms with E-state index in [9.17, 15) is 10.2 Å². The zero-order chi connectivity index (χ0) is 19.8. The second-order valence-electron chi connectivity index (χ2n) is 6.61. The summed E-state index contributed by atoms with van der Waals surface area (Å²) in [7, 11) is 0. The highest BCUT2D eigenvalue weighted by Crippen LogP contribution is 2.24. The molecule has 2 rings (SSSR count). The molecule has 2 atom stereocenters. The number of aliphatic hydroxyl groups is 2. The first-order valence-electron chi connectivity index (χ1n) is 8.85. The number of benzene rings is 2. The molecule has 2 aromatic carbocycles. The first kappa shape index (κ1) is 21.8. The highest BCUT2D eigenvalue weighted by atomic mass is 35.5. The fraction of sp³-hybridized carbons (Fsp3) is 0.429. The fourth-order valence-corrected chi connectivity index (χ4v) is 2.84. The van der Waals surface area contributed by atoms with Crippen molar-refractivity contribution in [2.75, 3.05) is 25.0 Å². The van der Waals surface area contributed by atoms with Crippen LogP contribution in [-0.2, 0) is 6.42 Å². The average molecular weight is 413 g/mol. The molecule has 0 aliphatic carbocycles. The zero-order valence-electron chi connectivity index (χ0n) is 15.6. The Morgan fingerprint density at radius 1 is 0.778 bits per heavy atom. The van der Waals surface area contributed by atoms with E-state index in [0.29, 0.717) is 0 Å². The Morgan fingerprint density at radius 3 is 1.52 bits per heavy atom.